The topological polar surface area (TPSA) is 79.5 Å². The largest absolute Gasteiger partial charge is 0.375 e. The maximum Gasteiger partial charge on any atom is 0.251 e. The smallest absolute Gasteiger partial charge is 0.251 e. The predicted molar refractivity (Wildman–Crippen MR) is 87.6 cm³/mol. The van der Waals surface area contributed by atoms with E-state index in [2.05, 4.69) is 16.0 Å². The van der Waals surface area contributed by atoms with E-state index in [1.807, 2.05) is 6.92 Å². The van der Waals surface area contributed by atoms with Crippen molar-refractivity contribution >= 4 is 29.9 Å². The van der Waals surface area contributed by atoms with Crippen LogP contribution in [0.15, 0.2) is 24.3 Å². The van der Waals surface area contributed by atoms with Crippen LogP contribution < -0.4 is 16.0 Å². The van der Waals surface area contributed by atoms with E-state index in [-0.39, 0.29) is 30.3 Å². The highest BCUT2D eigenvalue weighted by Gasteiger charge is 2.17. The molecule has 7 heteroatoms. The van der Waals surface area contributed by atoms with E-state index in [4.69, 9.17) is 4.74 Å². The van der Waals surface area contributed by atoms with Crippen molar-refractivity contribution in [1.29, 1.82) is 0 Å². The minimum atomic E-state index is -0.114. The Labute approximate surface area is 136 Å². The monoisotopic (exact) mass is 327 g/mol. The maximum atomic E-state index is 11.9. The average molecular weight is 328 g/mol. The second-order valence-corrected chi connectivity index (χ2v) is 4.89. The first kappa shape index (κ1) is 18.4. The predicted octanol–water partition coefficient (Wildman–Crippen LogP) is 1.18. The van der Waals surface area contributed by atoms with Gasteiger partial charge in [0.2, 0.25) is 5.91 Å². The fraction of sp³-hybridized carbons (Fsp3) is 0.467. The number of halogens is 1. The normalized spacial score (nSPS) is 17.2. The summed E-state index contributed by atoms with van der Waals surface area (Å²) < 4.78 is 5.49. The van der Waals surface area contributed by atoms with Crippen molar-refractivity contribution in [3.63, 3.8) is 0 Å². The molecule has 0 radical (unpaired) electrons. The zero-order valence-corrected chi connectivity index (χ0v) is 13.4. The molecule has 0 bridgehead atoms. The minimum Gasteiger partial charge on any atom is -0.375 e. The Bertz CT molecular complexity index is 487. The lowest BCUT2D eigenvalue weighted by molar-refractivity contribution is -0.119. The SMILES string of the molecule is CCNC(=O)c1ccc(NC(=O)CC2CNCCO2)cc1.Cl. The van der Waals surface area contributed by atoms with Crippen LogP contribution in [0, 0.1) is 0 Å². The van der Waals surface area contributed by atoms with Gasteiger partial charge >= 0.3 is 0 Å². The molecule has 122 valence electrons. The number of hydrogen-bond acceptors (Lipinski definition) is 4. The quantitative estimate of drug-likeness (QED) is 0.758. The third-order valence-corrected chi connectivity index (χ3v) is 3.19. The van der Waals surface area contributed by atoms with Gasteiger partial charge in [-0.3, -0.25) is 9.59 Å². The maximum absolute atomic E-state index is 11.9. The fourth-order valence-electron chi connectivity index (χ4n) is 2.14. The molecule has 1 unspecified atom stereocenters. The fourth-order valence-corrected chi connectivity index (χ4v) is 2.14. The Kier molecular flexibility index (Phi) is 7.87. The van der Waals surface area contributed by atoms with Crippen LogP contribution in [0.1, 0.15) is 23.7 Å². The van der Waals surface area contributed by atoms with Gasteiger partial charge in [-0.1, -0.05) is 0 Å². The molecule has 1 aliphatic heterocycles. The van der Waals surface area contributed by atoms with Crippen LogP contribution in [0.4, 0.5) is 5.69 Å². The van der Waals surface area contributed by atoms with E-state index in [0.717, 1.165) is 6.54 Å². The van der Waals surface area contributed by atoms with E-state index in [0.29, 0.717) is 37.4 Å². The number of amides is 2. The molecule has 1 atom stereocenters. The molecule has 1 fully saturated rings. The van der Waals surface area contributed by atoms with Crippen LogP contribution in [-0.2, 0) is 9.53 Å². The standard InChI is InChI=1S/C15H21N3O3.ClH/c1-2-17-15(20)11-3-5-12(6-4-11)18-14(19)9-13-10-16-7-8-21-13;/h3-6,13,16H,2,7-10H2,1H3,(H,17,20)(H,18,19);1H. The van der Waals surface area contributed by atoms with Gasteiger partial charge in [0.1, 0.15) is 0 Å². The summed E-state index contributed by atoms with van der Waals surface area (Å²) in [6.07, 6.45) is 0.249. The number of nitrogens with one attached hydrogen (secondary N) is 3. The number of anilines is 1. The number of rotatable bonds is 5. The zero-order chi connectivity index (χ0) is 15.1. The first-order valence-corrected chi connectivity index (χ1v) is 7.19. The highest BCUT2D eigenvalue weighted by molar-refractivity contribution is 5.95. The second-order valence-electron chi connectivity index (χ2n) is 4.89. The third kappa shape index (κ3) is 5.63. The highest BCUT2D eigenvalue weighted by atomic mass is 35.5. The Morgan fingerprint density at radius 1 is 1.32 bits per heavy atom. The minimum absolute atomic E-state index is 0. The van der Waals surface area contributed by atoms with E-state index < -0.39 is 0 Å². The molecule has 0 aliphatic carbocycles. The zero-order valence-electron chi connectivity index (χ0n) is 12.6. The van der Waals surface area contributed by atoms with Crippen molar-refractivity contribution in [3.8, 4) is 0 Å². The van der Waals surface area contributed by atoms with Crippen molar-refractivity contribution in [2.45, 2.75) is 19.4 Å². The summed E-state index contributed by atoms with van der Waals surface area (Å²) in [6.45, 7) is 4.63. The van der Waals surface area contributed by atoms with Gasteiger partial charge in [0.25, 0.3) is 5.91 Å². The van der Waals surface area contributed by atoms with E-state index in [1.54, 1.807) is 24.3 Å². The lowest BCUT2D eigenvalue weighted by atomic mass is 10.1. The molecule has 0 spiro atoms. The van der Waals surface area contributed by atoms with E-state index in [9.17, 15) is 9.59 Å². The molecule has 2 rings (SSSR count). The second kappa shape index (κ2) is 9.40. The molecule has 3 N–H and O–H groups in total. The Hall–Kier alpha value is -1.63. The van der Waals surface area contributed by atoms with Crippen molar-refractivity contribution in [2.75, 3.05) is 31.6 Å². The summed E-state index contributed by atoms with van der Waals surface area (Å²) in [5.74, 6) is -0.202. The molecule has 1 aliphatic rings. The van der Waals surface area contributed by atoms with Crippen LogP contribution in [0.5, 0.6) is 0 Å². The summed E-state index contributed by atoms with van der Waals surface area (Å²) >= 11 is 0. The van der Waals surface area contributed by atoms with Gasteiger partial charge < -0.3 is 20.7 Å². The summed E-state index contributed by atoms with van der Waals surface area (Å²) in [4.78, 5) is 23.5. The van der Waals surface area contributed by atoms with Crippen LogP contribution in [0.25, 0.3) is 0 Å². The molecule has 0 saturated carbocycles. The molecule has 0 aromatic heterocycles. The molecule has 22 heavy (non-hydrogen) atoms. The summed E-state index contributed by atoms with van der Waals surface area (Å²) in [5, 5.41) is 8.72. The first-order chi connectivity index (χ1) is 10.2. The molecule has 1 aromatic rings. The van der Waals surface area contributed by atoms with Crippen LogP contribution >= 0.6 is 12.4 Å². The summed E-state index contributed by atoms with van der Waals surface area (Å²) in [5.41, 5.74) is 1.26. The molecule has 1 saturated heterocycles. The number of carbonyl (C=O) groups is 2. The Morgan fingerprint density at radius 3 is 2.64 bits per heavy atom. The average Bonchev–Trinajstić information content (AvgIpc) is 2.49. The molecular formula is C15H22ClN3O3. The number of carbonyl (C=O) groups excluding carboxylic acids is 2. The van der Waals surface area contributed by atoms with Crippen molar-refractivity contribution < 1.29 is 14.3 Å². The molecule has 6 nitrogen and oxygen atoms in total. The van der Waals surface area contributed by atoms with Crippen molar-refractivity contribution in [1.82, 2.24) is 10.6 Å². The van der Waals surface area contributed by atoms with Gasteiger partial charge in [0, 0.05) is 30.9 Å². The van der Waals surface area contributed by atoms with Gasteiger partial charge in [0.15, 0.2) is 0 Å². The lowest BCUT2D eigenvalue weighted by Gasteiger charge is -2.23. The summed E-state index contributed by atoms with van der Waals surface area (Å²) in [7, 11) is 0. The van der Waals surface area contributed by atoms with Crippen LogP contribution in [0.2, 0.25) is 0 Å². The summed E-state index contributed by atoms with van der Waals surface area (Å²) in [6, 6.07) is 6.84. The van der Waals surface area contributed by atoms with Gasteiger partial charge in [0.05, 0.1) is 19.1 Å². The number of benzene rings is 1. The lowest BCUT2D eigenvalue weighted by Crippen LogP contribution is -2.40. The molecule has 2 amide bonds. The van der Waals surface area contributed by atoms with Crippen molar-refractivity contribution in [2.24, 2.45) is 0 Å². The van der Waals surface area contributed by atoms with Gasteiger partial charge in [-0.15, -0.1) is 12.4 Å². The van der Waals surface area contributed by atoms with Gasteiger partial charge in [-0.25, -0.2) is 0 Å². The first-order valence-electron chi connectivity index (χ1n) is 7.19. The van der Waals surface area contributed by atoms with E-state index in [1.165, 1.54) is 0 Å². The van der Waals surface area contributed by atoms with Gasteiger partial charge in [-0.05, 0) is 31.2 Å². The molecular weight excluding hydrogens is 306 g/mol. The Balaban J connectivity index is 0.00000242. The van der Waals surface area contributed by atoms with E-state index >= 15 is 0 Å². The highest BCUT2D eigenvalue weighted by Crippen LogP contribution is 2.11. The molecule has 1 heterocycles. The molecule has 1 aromatic carbocycles. The van der Waals surface area contributed by atoms with Gasteiger partial charge in [-0.2, -0.15) is 0 Å². The van der Waals surface area contributed by atoms with Crippen LogP contribution in [0.3, 0.4) is 0 Å². The third-order valence-electron chi connectivity index (χ3n) is 3.19. The Morgan fingerprint density at radius 2 is 2.05 bits per heavy atom. The van der Waals surface area contributed by atoms with Crippen LogP contribution in [-0.4, -0.2) is 44.2 Å². The van der Waals surface area contributed by atoms with Crippen molar-refractivity contribution in [3.05, 3.63) is 29.8 Å². The number of hydrogen-bond donors (Lipinski definition) is 3. The number of ether oxygens (including phenoxy) is 1. The number of morpholine rings is 1.